The molecule has 0 spiro atoms. The second kappa shape index (κ2) is 10.1. The van der Waals surface area contributed by atoms with E-state index in [1.165, 1.54) is 12.1 Å². The van der Waals surface area contributed by atoms with Gasteiger partial charge in [-0.1, -0.05) is 55.6 Å². The number of carbonyl (C=O) groups is 5. The Bertz CT molecular complexity index is 902. The van der Waals surface area contributed by atoms with Crippen LogP contribution in [-0.2, 0) is 23.9 Å². The maximum Gasteiger partial charge on any atom is 0.326 e. The van der Waals surface area contributed by atoms with Gasteiger partial charge in [0.2, 0.25) is 11.8 Å². The molecule has 1 aromatic rings. The summed E-state index contributed by atoms with van der Waals surface area (Å²) < 4.78 is 4.83. The molecule has 0 bridgehead atoms. The van der Waals surface area contributed by atoms with Crippen molar-refractivity contribution in [3.63, 3.8) is 0 Å². The largest absolute Gasteiger partial charge is 0.454 e. The molecule has 2 fully saturated rings. The summed E-state index contributed by atoms with van der Waals surface area (Å²) in [6.07, 6.45) is 0.981. The smallest absolute Gasteiger partial charge is 0.326 e. The Balaban J connectivity index is 1.45. The van der Waals surface area contributed by atoms with Crippen LogP contribution in [0.25, 0.3) is 0 Å². The summed E-state index contributed by atoms with van der Waals surface area (Å²) in [5.41, 5.74) is 4.40. The van der Waals surface area contributed by atoms with Gasteiger partial charge in [-0.2, -0.15) is 0 Å². The van der Waals surface area contributed by atoms with E-state index < -0.39 is 54.6 Å². The summed E-state index contributed by atoms with van der Waals surface area (Å²) >= 11 is 12.9. The number of amides is 4. The van der Waals surface area contributed by atoms with Crippen LogP contribution < -0.4 is 10.9 Å². The molecule has 12 heteroatoms. The SMILES string of the molecule is O=C(COC(=O)CN1C(=O)[C@H]2C[C@@H](Br)[C@@H](Br)C[C@H]2C1=O)NNC(=O)c1ccccc1Cl. The summed E-state index contributed by atoms with van der Waals surface area (Å²) in [4.78, 5) is 61.9. The second-order valence-corrected chi connectivity index (χ2v) is 9.88. The van der Waals surface area contributed by atoms with Crippen LogP contribution in [-0.4, -0.2) is 57.3 Å². The molecule has 0 unspecified atom stereocenters. The van der Waals surface area contributed by atoms with Crippen LogP contribution in [0.4, 0.5) is 0 Å². The normalized spacial score (nSPS) is 25.1. The maximum absolute atomic E-state index is 12.5. The molecule has 1 saturated heterocycles. The van der Waals surface area contributed by atoms with Crippen LogP contribution in [0.2, 0.25) is 5.02 Å². The number of esters is 1. The van der Waals surface area contributed by atoms with Gasteiger partial charge in [-0.15, -0.1) is 0 Å². The minimum atomic E-state index is -0.904. The summed E-state index contributed by atoms with van der Waals surface area (Å²) in [7, 11) is 0. The summed E-state index contributed by atoms with van der Waals surface area (Å²) in [6.45, 7) is -1.26. The van der Waals surface area contributed by atoms with Crippen LogP contribution in [0.1, 0.15) is 23.2 Å². The fraction of sp³-hybridized carbons (Fsp3) is 0.421. The van der Waals surface area contributed by atoms with Gasteiger partial charge >= 0.3 is 5.97 Å². The molecule has 3 rings (SSSR count). The number of halogens is 3. The van der Waals surface area contributed by atoms with Gasteiger partial charge in [-0.3, -0.25) is 39.7 Å². The van der Waals surface area contributed by atoms with Gasteiger partial charge in [-0.05, 0) is 25.0 Å². The highest BCUT2D eigenvalue weighted by Crippen LogP contribution is 2.43. The van der Waals surface area contributed by atoms with Gasteiger partial charge in [0, 0.05) is 9.65 Å². The van der Waals surface area contributed by atoms with E-state index in [9.17, 15) is 24.0 Å². The molecule has 1 heterocycles. The Hall–Kier alpha value is -1.98. The molecule has 1 saturated carbocycles. The van der Waals surface area contributed by atoms with Crippen LogP contribution in [0, 0.1) is 11.8 Å². The quantitative estimate of drug-likeness (QED) is 0.237. The Morgan fingerprint density at radius 1 is 1.03 bits per heavy atom. The molecule has 9 nitrogen and oxygen atoms in total. The molecule has 0 aromatic heterocycles. The topological polar surface area (TPSA) is 122 Å². The van der Waals surface area contributed by atoms with Crippen LogP contribution in [0.15, 0.2) is 24.3 Å². The molecule has 4 atom stereocenters. The number of benzene rings is 1. The predicted molar refractivity (Wildman–Crippen MR) is 116 cm³/mol. The molecule has 2 aliphatic rings. The van der Waals surface area contributed by atoms with E-state index in [1.54, 1.807) is 12.1 Å². The minimum Gasteiger partial charge on any atom is -0.454 e. The fourth-order valence-electron chi connectivity index (χ4n) is 3.52. The maximum atomic E-state index is 12.5. The standard InChI is InChI=1S/C19H18Br2ClN3O6/c20-12-5-10-11(6-13(12)21)19(30)25(18(10)29)7-16(27)31-8-15(26)23-24-17(28)9-3-1-2-4-14(9)22/h1-4,10-13H,5-8H2,(H,23,26)(H,24,28)/t10-,11+,12+,13-. The van der Waals surface area contributed by atoms with E-state index in [1.807, 2.05) is 0 Å². The number of imide groups is 1. The molecule has 31 heavy (non-hydrogen) atoms. The highest BCUT2D eigenvalue weighted by molar-refractivity contribution is 9.12. The Kier molecular flexibility index (Phi) is 7.71. The van der Waals surface area contributed by atoms with Gasteiger partial charge in [0.15, 0.2) is 6.61 Å². The molecule has 2 N–H and O–H groups in total. The predicted octanol–water partition coefficient (Wildman–Crippen LogP) is 1.57. The highest BCUT2D eigenvalue weighted by atomic mass is 79.9. The van der Waals surface area contributed by atoms with Crippen molar-refractivity contribution in [2.75, 3.05) is 13.2 Å². The minimum absolute atomic E-state index is 0.0575. The molecular weight excluding hydrogens is 561 g/mol. The zero-order chi connectivity index (χ0) is 22.7. The number of fused-ring (bicyclic) bond motifs is 1. The van der Waals surface area contributed by atoms with Gasteiger partial charge in [0.05, 0.1) is 22.4 Å². The number of hydrogen-bond donors (Lipinski definition) is 2. The third-order valence-electron chi connectivity index (χ3n) is 5.09. The van der Waals surface area contributed by atoms with Crippen molar-refractivity contribution in [2.45, 2.75) is 22.5 Å². The molecule has 1 aliphatic carbocycles. The summed E-state index contributed by atoms with van der Waals surface area (Å²) in [5, 5.41) is 0.207. The van der Waals surface area contributed by atoms with Crippen molar-refractivity contribution in [3.05, 3.63) is 34.9 Å². The van der Waals surface area contributed by atoms with E-state index in [2.05, 4.69) is 42.7 Å². The lowest BCUT2D eigenvalue weighted by Gasteiger charge is -2.29. The number of carbonyl (C=O) groups excluding carboxylic acids is 5. The zero-order valence-corrected chi connectivity index (χ0v) is 19.9. The van der Waals surface area contributed by atoms with Gasteiger partial charge in [0.25, 0.3) is 11.8 Å². The molecule has 1 aromatic carbocycles. The zero-order valence-electron chi connectivity index (χ0n) is 16.0. The van der Waals surface area contributed by atoms with Gasteiger partial charge < -0.3 is 4.74 Å². The summed E-state index contributed by atoms with van der Waals surface area (Å²) in [6, 6.07) is 6.25. The number of rotatable bonds is 5. The first kappa shape index (κ1) is 23.7. The number of hydrogen-bond acceptors (Lipinski definition) is 6. The van der Waals surface area contributed by atoms with Crippen molar-refractivity contribution in [3.8, 4) is 0 Å². The third kappa shape index (κ3) is 5.45. The van der Waals surface area contributed by atoms with E-state index in [0.29, 0.717) is 12.8 Å². The molecule has 1 aliphatic heterocycles. The third-order valence-corrected chi connectivity index (χ3v) is 8.15. The lowest BCUT2D eigenvalue weighted by atomic mass is 9.81. The van der Waals surface area contributed by atoms with Crippen molar-refractivity contribution >= 4 is 73.1 Å². The highest BCUT2D eigenvalue weighted by Gasteiger charge is 2.52. The Morgan fingerprint density at radius 3 is 2.19 bits per heavy atom. The van der Waals surface area contributed by atoms with Crippen molar-refractivity contribution in [1.29, 1.82) is 0 Å². The lowest BCUT2D eigenvalue weighted by Crippen LogP contribution is -2.44. The van der Waals surface area contributed by atoms with E-state index in [4.69, 9.17) is 16.3 Å². The number of nitrogens with one attached hydrogen (secondary N) is 2. The monoisotopic (exact) mass is 577 g/mol. The lowest BCUT2D eigenvalue weighted by molar-refractivity contribution is -0.155. The summed E-state index contributed by atoms with van der Waals surface area (Å²) in [5.74, 6) is -4.11. The number of alkyl halides is 2. The second-order valence-electron chi connectivity index (χ2n) is 7.12. The fourth-order valence-corrected chi connectivity index (χ4v) is 4.97. The molecule has 4 amide bonds. The number of nitrogens with zero attached hydrogens (tertiary/aromatic N) is 1. The Labute approximate surface area is 199 Å². The number of hydrazine groups is 1. The Morgan fingerprint density at radius 2 is 1.61 bits per heavy atom. The first-order chi connectivity index (χ1) is 14.7. The van der Waals surface area contributed by atoms with Gasteiger partial charge in [0.1, 0.15) is 6.54 Å². The average molecular weight is 580 g/mol. The van der Waals surface area contributed by atoms with Gasteiger partial charge in [-0.25, -0.2) is 0 Å². The number of likely N-dealkylation sites (tertiary alicyclic amines) is 1. The molecule has 166 valence electrons. The molecular formula is C19H18Br2ClN3O6. The van der Waals surface area contributed by atoms with Crippen LogP contribution >= 0.6 is 43.5 Å². The molecule has 0 radical (unpaired) electrons. The first-order valence-electron chi connectivity index (χ1n) is 9.31. The van der Waals surface area contributed by atoms with E-state index >= 15 is 0 Å². The van der Waals surface area contributed by atoms with Crippen LogP contribution in [0.3, 0.4) is 0 Å². The van der Waals surface area contributed by atoms with Crippen molar-refractivity contribution in [1.82, 2.24) is 15.8 Å². The van der Waals surface area contributed by atoms with Crippen LogP contribution in [0.5, 0.6) is 0 Å². The van der Waals surface area contributed by atoms with E-state index in [-0.39, 0.29) is 20.2 Å². The van der Waals surface area contributed by atoms with Crippen molar-refractivity contribution in [2.24, 2.45) is 11.8 Å². The average Bonchev–Trinajstić information content (AvgIpc) is 2.95. The van der Waals surface area contributed by atoms with E-state index in [0.717, 1.165) is 4.90 Å². The number of ether oxygens (including phenoxy) is 1. The van der Waals surface area contributed by atoms with Crippen molar-refractivity contribution < 1.29 is 28.7 Å². The first-order valence-corrected chi connectivity index (χ1v) is 11.5.